The quantitative estimate of drug-likeness (QED) is 0.807. The van der Waals surface area contributed by atoms with Crippen LogP contribution in [0.5, 0.6) is 0 Å². The summed E-state index contributed by atoms with van der Waals surface area (Å²) >= 11 is 11.9. The number of halogens is 3. The molecule has 0 saturated heterocycles. The van der Waals surface area contributed by atoms with Gasteiger partial charge in [-0.1, -0.05) is 23.2 Å². The van der Waals surface area contributed by atoms with Crippen LogP contribution < -0.4 is 11.2 Å². The Balaban J connectivity index is 0.00000288. The van der Waals surface area contributed by atoms with Gasteiger partial charge in [0, 0.05) is 17.5 Å². The van der Waals surface area contributed by atoms with Gasteiger partial charge in [0.2, 0.25) is 0 Å². The lowest BCUT2D eigenvalue weighted by Gasteiger charge is -2.13. The van der Waals surface area contributed by atoms with E-state index in [1.807, 2.05) is 0 Å². The lowest BCUT2D eigenvalue weighted by Crippen LogP contribution is -2.30. The third kappa shape index (κ3) is 4.51. The van der Waals surface area contributed by atoms with E-state index >= 15 is 0 Å². The van der Waals surface area contributed by atoms with E-state index in [4.69, 9.17) is 34.3 Å². The molecule has 6 nitrogen and oxygen atoms in total. The maximum atomic E-state index is 11.9. The summed E-state index contributed by atoms with van der Waals surface area (Å²) in [6.45, 7) is 0.00262. The van der Waals surface area contributed by atoms with Crippen LogP contribution in [0, 0.1) is 5.41 Å². The smallest absolute Gasteiger partial charge is 0.252 e. The van der Waals surface area contributed by atoms with Gasteiger partial charge in [0.25, 0.3) is 5.91 Å². The standard InChI is InChI=1S/C14H13Cl2N3O3S.ClH/c1-23(21,22)12-3-2-9(15)4-8(12)6-19-7-10(16)5-11(13(19)17)14(18)20;/h2-5,7,17H,6H2,1H3,(H2,18,20);1H. The lowest BCUT2D eigenvalue weighted by atomic mass is 10.2. The Hall–Kier alpha value is -1.54. The van der Waals surface area contributed by atoms with Gasteiger partial charge < -0.3 is 10.3 Å². The zero-order valence-corrected chi connectivity index (χ0v) is 15.6. The molecule has 24 heavy (non-hydrogen) atoms. The maximum Gasteiger partial charge on any atom is 0.252 e. The summed E-state index contributed by atoms with van der Waals surface area (Å²) in [5, 5.41) is 8.59. The predicted octanol–water partition coefficient (Wildman–Crippen LogP) is 2.25. The largest absolute Gasteiger partial charge is 0.365 e. The van der Waals surface area contributed by atoms with Gasteiger partial charge in [-0.2, -0.15) is 0 Å². The Morgan fingerprint density at radius 2 is 1.88 bits per heavy atom. The average molecular weight is 411 g/mol. The highest BCUT2D eigenvalue weighted by Crippen LogP contribution is 2.21. The molecular weight excluding hydrogens is 397 g/mol. The van der Waals surface area contributed by atoms with Gasteiger partial charge in [-0.25, -0.2) is 8.42 Å². The molecular formula is C14H14Cl3N3O3S. The molecule has 2 rings (SSSR count). The molecule has 0 fully saturated rings. The number of benzene rings is 1. The molecule has 1 amide bonds. The first-order valence-electron chi connectivity index (χ1n) is 6.32. The number of aromatic nitrogens is 1. The minimum absolute atomic E-state index is 0. The first-order valence-corrected chi connectivity index (χ1v) is 8.97. The van der Waals surface area contributed by atoms with E-state index in [0.717, 1.165) is 6.26 Å². The molecule has 0 saturated carbocycles. The minimum atomic E-state index is -3.48. The molecule has 0 spiro atoms. The van der Waals surface area contributed by atoms with Crippen LogP contribution in [0.2, 0.25) is 10.0 Å². The number of amides is 1. The van der Waals surface area contributed by atoms with Crippen molar-refractivity contribution in [1.29, 1.82) is 5.41 Å². The Morgan fingerprint density at radius 3 is 2.42 bits per heavy atom. The molecule has 130 valence electrons. The maximum absolute atomic E-state index is 11.9. The number of carbonyl (C=O) groups excluding carboxylic acids is 1. The molecule has 1 aromatic heterocycles. The van der Waals surface area contributed by atoms with E-state index in [2.05, 4.69) is 0 Å². The number of nitrogens with one attached hydrogen (secondary N) is 1. The van der Waals surface area contributed by atoms with Crippen molar-refractivity contribution in [1.82, 2.24) is 4.57 Å². The third-order valence-corrected chi connectivity index (χ3v) is 4.77. The molecule has 1 heterocycles. The number of pyridine rings is 1. The molecule has 0 radical (unpaired) electrons. The summed E-state index contributed by atoms with van der Waals surface area (Å²) in [7, 11) is -3.48. The van der Waals surface area contributed by atoms with Gasteiger partial charge >= 0.3 is 0 Å². The summed E-state index contributed by atoms with van der Waals surface area (Å²) in [6, 6.07) is 5.66. The SMILES string of the molecule is CS(=O)(=O)c1ccc(Cl)cc1Cn1cc(Cl)cc(C(N)=O)c1=N.Cl. The summed E-state index contributed by atoms with van der Waals surface area (Å²) < 4.78 is 25.1. The Morgan fingerprint density at radius 1 is 1.25 bits per heavy atom. The minimum Gasteiger partial charge on any atom is -0.365 e. The van der Waals surface area contributed by atoms with E-state index in [1.54, 1.807) is 0 Å². The number of rotatable bonds is 4. The number of primary amides is 1. The number of nitrogens with zero attached hydrogens (tertiary/aromatic N) is 1. The Labute approximate surface area is 155 Å². The van der Waals surface area contributed by atoms with Crippen LogP contribution in [0.4, 0.5) is 0 Å². The van der Waals surface area contributed by atoms with Gasteiger partial charge in [0.15, 0.2) is 9.84 Å². The molecule has 0 aliphatic heterocycles. The van der Waals surface area contributed by atoms with Gasteiger partial charge in [-0.3, -0.25) is 10.2 Å². The van der Waals surface area contributed by atoms with E-state index < -0.39 is 15.7 Å². The molecule has 3 N–H and O–H groups in total. The fourth-order valence-corrected chi connectivity index (χ4v) is 3.48. The van der Waals surface area contributed by atoms with Crippen molar-refractivity contribution in [3.63, 3.8) is 0 Å². The van der Waals surface area contributed by atoms with Crippen molar-refractivity contribution in [2.45, 2.75) is 11.4 Å². The predicted molar refractivity (Wildman–Crippen MR) is 94.7 cm³/mol. The highest BCUT2D eigenvalue weighted by Gasteiger charge is 2.15. The zero-order chi connectivity index (χ0) is 17.4. The molecule has 1 aromatic carbocycles. The highest BCUT2D eigenvalue weighted by molar-refractivity contribution is 7.90. The Bertz CT molecular complexity index is 955. The van der Waals surface area contributed by atoms with Gasteiger partial charge in [0.05, 0.1) is 22.0 Å². The average Bonchev–Trinajstić information content (AvgIpc) is 2.40. The molecule has 0 bridgehead atoms. The topological polar surface area (TPSA) is 106 Å². The number of hydrogen-bond donors (Lipinski definition) is 2. The number of hydrogen-bond acceptors (Lipinski definition) is 4. The van der Waals surface area contributed by atoms with Gasteiger partial charge in [-0.15, -0.1) is 12.4 Å². The van der Waals surface area contributed by atoms with Gasteiger partial charge in [-0.05, 0) is 29.8 Å². The fraction of sp³-hybridized carbons (Fsp3) is 0.143. The van der Waals surface area contributed by atoms with Gasteiger partial charge in [0.1, 0.15) is 5.49 Å². The van der Waals surface area contributed by atoms with Crippen molar-refractivity contribution in [2.24, 2.45) is 5.73 Å². The van der Waals surface area contributed by atoms with E-state index in [9.17, 15) is 13.2 Å². The summed E-state index contributed by atoms with van der Waals surface area (Å²) in [5.41, 5.74) is 5.39. The van der Waals surface area contributed by atoms with Crippen molar-refractivity contribution in [2.75, 3.05) is 6.26 Å². The zero-order valence-electron chi connectivity index (χ0n) is 12.4. The van der Waals surface area contributed by atoms with E-state index in [1.165, 1.54) is 35.0 Å². The molecule has 2 aromatic rings. The second-order valence-electron chi connectivity index (χ2n) is 4.94. The first kappa shape index (κ1) is 20.5. The summed E-state index contributed by atoms with van der Waals surface area (Å²) in [5.74, 6) is -0.791. The summed E-state index contributed by atoms with van der Waals surface area (Å²) in [6.07, 6.45) is 2.50. The van der Waals surface area contributed by atoms with Crippen LogP contribution in [0.15, 0.2) is 35.4 Å². The monoisotopic (exact) mass is 409 g/mol. The van der Waals surface area contributed by atoms with Crippen LogP contribution in [0.1, 0.15) is 15.9 Å². The van der Waals surface area contributed by atoms with E-state index in [0.29, 0.717) is 10.6 Å². The van der Waals surface area contributed by atoms with Crippen molar-refractivity contribution in [3.8, 4) is 0 Å². The van der Waals surface area contributed by atoms with Crippen LogP contribution in [0.25, 0.3) is 0 Å². The number of nitrogens with two attached hydrogens (primary N) is 1. The Kier molecular flexibility index (Phi) is 6.46. The second-order valence-corrected chi connectivity index (χ2v) is 7.79. The van der Waals surface area contributed by atoms with Crippen molar-refractivity contribution >= 4 is 51.4 Å². The lowest BCUT2D eigenvalue weighted by molar-refractivity contribution is 0.0997. The summed E-state index contributed by atoms with van der Waals surface area (Å²) in [4.78, 5) is 11.5. The second kappa shape index (κ2) is 7.57. The van der Waals surface area contributed by atoms with Crippen LogP contribution in [-0.2, 0) is 16.4 Å². The number of sulfone groups is 1. The fourth-order valence-electron chi connectivity index (χ4n) is 2.14. The van der Waals surface area contributed by atoms with E-state index in [-0.39, 0.29) is 39.9 Å². The van der Waals surface area contributed by atoms with Crippen LogP contribution in [-0.4, -0.2) is 25.1 Å². The third-order valence-electron chi connectivity index (χ3n) is 3.13. The first-order chi connectivity index (χ1) is 10.6. The van der Waals surface area contributed by atoms with Crippen LogP contribution in [0.3, 0.4) is 0 Å². The van der Waals surface area contributed by atoms with Crippen LogP contribution >= 0.6 is 35.6 Å². The highest BCUT2D eigenvalue weighted by atomic mass is 35.5. The normalized spacial score (nSPS) is 11.0. The molecule has 0 aliphatic rings. The molecule has 10 heteroatoms. The molecule has 0 aliphatic carbocycles. The van der Waals surface area contributed by atoms with Crippen molar-refractivity contribution in [3.05, 3.63) is 57.1 Å². The number of carbonyl (C=O) groups is 1. The van der Waals surface area contributed by atoms with Crippen molar-refractivity contribution < 1.29 is 13.2 Å². The molecule has 0 atom stereocenters. The molecule has 0 unspecified atom stereocenters.